The van der Waals surface area contributed by atoms with Gasteiger partial charge in [-0.1, -0.05) is 0 Å². The summed E-state index contributed by atoms with van der Waals surface area (Å²) in [5, 5.41) is 22.3. The number of aliphatic carboxylic acids is 2. The van der Waals surface area contributed by atoms with E-state index in [1.807, 2.05) is 0 Å². The van der Waals surface area contributed by atoms with Crippen LogP contribution in [0.15, 0.2) is 24.3 Å². The summed E-state index contributed by atoms with van der Waals surface area (Å²) >= 11 is 0. The standard InChI is InChI=1S/C16H18N2O7/c19-8-2-1-7-17-14(22)10-3-5-11(6-4-10)15(23)18-12(16(24)25)9-13(20)21/h3-6,8,12H,1-2,7,9H2,(H,17,22)(H,18,23)(H,20,21)(H,24,25). The van der Waals surface area contributed by atoms with Crippen LogP contribution in [0.4, 0.5) is 0 Å². The summed E-state index contributed by atoms with van der Waals surface area (Å²) in [6, 6.07) is 3.88. The van der Waals surface area contributed by atoms with Crippen LogP contribution in [0.5, 0.6) is 0 Å². The van der Waals surface area contributed by atoms with Crippen LogP contribution < -0.4 is 10.6 Å². The highest BCUT2D eigenvalue weighted by atomic mass is 16.4. The fourth-order valence-electron chi connectivity index (χ4n) is 1.88. The Morgan fingerprint density at radius 1 is 1.00 bits per heavy atom. The molecule has 1 atom stereocenters. The van der Waals surface area contributed by atoms with Gasteiger partial charge in [-0.05, 0) is 30.7 Å². The maximum atomic E-state index is 12.0. The zero-order valence-corrected chi connectivity index (χ0v) is 13.2. The average Bonchev–Trinajstić information content (AvgIpc) is 2.57. The van der Waals surface area contributed by atoms with Crippen LogP contribution >= 0.6 is 0 Å². The molecule has 0 radical (unpaired) electrons. The third kappa shape index (κ3) is 6.81. The van der Waals surface area contributed by atoms with Gasteiger partial charge in [0.15, 0.2) is 0 Å². The Balaban J connectivity index is 2.66. The average molecular weight is 350 g/mol. The second-order valence-corrected chi connectivity index (χ2v) is 5.10. The number of nitrogens with one attached hydrogen (secondary N) is 2. The molecule has 0 aliphatic heterocycles. The fourth-order valence-corrected chi connectivity index (χ4v) is 1.88. The first-order valence-electron chi connectivity index (χ1n) is 7.42. The molecule has 1 aromatic carbocycles. The molecule has 25 heavy (non-hydrogen) atoms. The molecule has 4 N–H and O–H groups in total. The molecule has 1 unspecified atom stereocenters. The van der Waals surface area contributed by atoms with Crippen molar-refractivity contribution in [3.8, 4) is 0 Å². The van der Waals surface area contributed by atoms with E-state index in [4.69, 9.17) is 10.2 Å². The molecule has 1 rings (SSSR count). The summed E-state index contributed by atoms with van der Waals surface area (Å²) in [5.41, 5.74) is 0.386. The van der Waals surface area contributed by atoms with E-state index in [2.05, 4.69) is 10.6 Å². The Hall–Kier alpha value is -3.23. The van der Waals surface area contributed by atoms with Crippen molar-refractivity contribution in [2.24, 2.45) is 0 Å². The quantitative estimate of drug-likeness (QED) is 0.344. The Morgan fingerprint density at radius 3 is 2.04 bits per heavy atom. The van der Waals surface area contributed by atoms with E-state index < -0.39 is 30.3 Å². The molecule has 0 saturated carbocycles. The van der Waals surface area contributed by atoms with Gasteiger partial charge in [0.1, 0.15) is 12.3 Å². The summed E-state index contributed by atoms with van der Waals surface area (Å²) in [6.07, 6.45) is 0.882. The van der Waals surface area contributed by atoms with Crippen LogP contribution in [-0.2, 0) is 14.4 Å². The smallest absolute Gasteiger partial charge is 0.326 e. The summed E-state index contributed by atoms with van der Waals surface area (Å²) in [4.78, 5) is 55.5. The number of carboxylic acid groups (broad SMARTS) is 2. The highest BCUT2D eigenvalue weighted by molar-refractivity contribution is 5.99. The highest BCUT2D eigenvalue weighted by Crippen LogP contribution is 2.06. The van der Waals surface area contributed by atoms with Crippen LogP contribution in [-0.4, -0.2) is 52.8 Å². The summed E-state index contributed by atoms with van der Waals surface area (Å²) in [6.45, 7) is 0.343. The molecule has 1 aromatic rings. The normalized spacial score (nSPS) is 11.2. The lowest BCUT2D eigenvalue weighted by Gasteiger charge is -2.12. The molecule has 0 fully saturated rings. The highest BCUT2D eigenvalue weighted by Gasteiger charge is 2.23. The predicted octanol–water partition coefficient (Wildman–Crippen LogP) is 0.0532. The number of carbonyl (C=O) groups excluding carboxylic acids is 3. The Bertz CT molecular complexity index is 655. The van der Waals surface area contributed by atoms with Crippen molar-refractivity contribution in [3.63, 3.8) is 0 Å². The molecule has 0 aliphatic carbocycles. The van der Waals surface area contributed by atoms with Crippen molar-refractivity contribution in [1.29, 1.82) is 0 Å². The molecule has 9 heteroatoms. The van der Waals surface area contributed by atoms with E-state index in [0.717, 1.165) is 6.29 Å². The van der Waals surface area contributed by atoms with Gasteiger partial charge in [-0.3, -0.25) is 14.4 Å². The van der Waals surface area contributed by atoms with Crippen molar-refractivity contribution in [1.82, 2.24) is 10.6 Å². The first-order valence-corrected chi connectivity index (χ1v) is 7.42. The van der Waals surface area contributed by atoms with Gasteiger partial charge < -0.3 is 25.6 Å². The Morgan fingerprint density at radius 2 is 1.56 bits per heavy atom. The van der Waals surface area contributed by atoms with Crippen LogP contribution in [0.25, 0.3) is 0 Å². The number of amides is 2. The zero-order chi connectivity index (χ0) is 18.8. The third-order valence-electron chi connectivity index (χ3n) is 3.18. The van der Waals surface area contributed by atoms with E-state index in [9.17, 15) is 24.0 Å². The zero-order valence-electron chi connectivity index (χ0n) is 13.2. The topological polar surface area (TPSA) is 150 Å². The minimum Gasteiger partial charge on any atom is -0.481 e. The lowest BCUT2D eigenvalue weighted by atomic mass is 10.1. The first-order chi connectivity index (χ1) is 11.8. The maximum Gasteiger partial charge on any atom is 0.326 e. The third-order valence-corrected chi connectivity index (χ3v) is 3.18. The molecule has 0 aliphatic rings. The SMILES string of the molecule is O=CCCCNC(=O)c1ccc(C(=O)NC(CC(=O)O)C(=O)O)cc1. The maximum absolute atomic E-state index is 12.0. The lowest BCUT2D eigenvalue weighted by molar-refractivity contribution is -0.145. The van der Waals surface area contributed by atoms with Gasteiger partial charge in [0.05, 0.1) is 6.42 Å². The van der Waals surface area contributed by atoms with E-state index in [1.54, 1.807) is 0 Å². The van der Waals surface area contributed by atoms with Crippen LogP contribution in [0.1, 0.15) is 40.0 Å². The largest absolute Gasteiger partial charge is 0.481 e. The number of carboxylic acids is 2. The Kier molecular flexibility index (Phi) is 7.77. The van der Waals surface area contributed by atoms with Gasteiger partial charge in [0, 0.05) is 24.1 Å². The molecule has 0 heterocycles. The van der Waals surface area contributed by atoms with Gasteiger partial charge in [-0.25, -0.2) is 4.79 Å². The summed E-state index contributed by atoms with van der Waals surface area (Å²) in [5.74, 6) is -3.94. The van der Waals surface area contributed by atoms with Crippen LogP contribution in [0, 0.1) is 0 Å². The number of hydrogen-bond acceptors (Lipinski definition) is 5. The predicted molar refractivity (Wildman–Crippen MR) is 85.2 cm³/mol. The number of benzene rings is 1. The number of hydrogen-bond donors (Lipinski definition) is 4. The number of aldehydes is 1. The van der Waals surface area contributed by atoms with Gasteiger partial charge >= 0.3 is 11.9 Å². The number of rotatable bonds is 10. The molecule has 0 saturated heterocycles. The van der Waals surface area contributed by atoms with E-state index in [-0.39, 0.29) is 11.5 Å². The van der Waals surface area contributed by atoms with Crippen molar-refractivity contribution in [2.75, 3.05) is 6.54 Å². The number of unbranched alkanes of at least 4 members (excludes halogenated alkanes) is 1. The first kappa shape index (κ1) is 19.8. The monoisotopic (exact) mass is 350 g/mol. The van der Waals surface area contributed by atoms with Crippen molar-refractivity contribution >= 4 is 30.0 Å². The second kappa shape index (κ2) is 9.81. The fraction of sp³-hybridized carbons (Fsp3) is 0.312. The molecule has 9 nitrogen and oxygen atoms in total. The van der Waals surface area contributed by atoms with E-state index in [1.165, 1.54) is 24.3 Å². The molecular formula is C16H18N2O7. The summed E-state index contributed by atoms with van der Waals surface area (Å²) in [7, 11) is 0. The molecule has 0 bridgehead atoms. The van der Waals surface area contributed by atoms with Gasteiger partial charge in [0.2, 0.25) is 0 Å². The molecule has 0 aromatic heterocycles. The van der Waals surface area contributed by atoms with Gasteiger partial charge in [-0.15, -0.1) is 0 Å². The van der Waals surface area contributed by atoms with Crippen molar-refractivity contribution < 1.29 is 34.2 Å². The molecule has 2 amide bonds. The lowest BCUT2D eigenvalue weighted by Crippen LogP contribution is -2.42. The minimum absolute atomic E-state index is 0.0918. The Labute approximate surface area is 143 Å². The van der Waals surface area contributed by atoms with Crippen LogP contribution in [0.2, 0.25) is 0 Å². The molecule has 0 spiro atoms. The minimum atomic E-state index is -1.55. The molecule has 134 valence electrons. The number of carbonyl (C=O) groups is 5. The van der Waals surface area contributed by atoms with E-state index >= 15 is 0 Å². The van der Waals surface area contributed by atoms with Gasteiger partial charge in [0.25, 0.3) is 11.8 Å². The van der Waals surface area contributed by atoms with Crippen LogP contribution in [0.3, 0.4) is 0 Å². The van der Waals surface area contributed by atoms with E-state index in [0.29, 0.717) is 24.9 Å². The van der Waals surface area contributed by atoms with Crippen molar-refractivity contribution in [3.05, 3.63) is 35.4 Å². The van der Waals surface area contributed by atoms with Crippen molar-refractivity contribution in [2.45, 2.75) is 25.3 Å². The summed E-state index contributed by atoms with van der Waals surface area (Å²) < 4.78 is 0. The van der Waals surface area contributed by atoms with Gasteiger partial charge in [-0.2, -0.15) is 0 Å². The second-order valence-electron chi connectivity index (χ2n) is 5.10. The molecular weight excluding hydrogens is 332 g/mol.